The first-order chi connectivity index (χ1) is 27.2. The number of aryl methyl sites for hydroxylation is 3. The topological polar surface area (TPSA) is 84.4 Å². The molecule has 1 aromatic heterocycles. The Morgan fingerprint density at radius 2 is 1.27 bits per heavy atom. The first-order valence-electron chi connectivity index (χ1n) is 19.9. The summed E-state index contributed by atoms with van der Waals surface area (Å²) in [4.78, 5) is 15.3. The van der Waals surface area contributed by atoms with Gasteiger partial charge in [-0.1, -0.05) is 62.1 Å². The lowest BCUT2D eigenvalue weighted by Gasteiger charge is -2.38. The van der Waals surface area contributed by atoms with Crippen LogP contribution in [0.3, 0.4) is 0 Å². The van der Waals surface area contributed by atoms with Crippen molar-refractivity contribution >= 4 is 79.7 Å². The van der Waals surface area contributed by atoms with Crippen molar-refractivity contribution in [1.29, 1.82) is 0 Å². The molecule has 0 radical (unpaired) electrons. The second-order valence-corrected chi connectivity index (χ2v) is 17.4. The minimum atomic E-state index is 0.0411. The summed E-state index contributed by atoms with van der Waals surface area (Å²) in [6.07, 6.45) is 12.2. The molecular weight excluding hydrogens is 725 g/mol. The van der Waals surface area contributed by atoms with Gasteiger partial charge in [0, 0.05) is 51.1 Å². The largest absolute Gasteiger partial charge is 0.398 e. The van der Waals surface area contributed by atoms with Crippen LogP contribution < -0.4 is 20.9 Å². The standard InChI is InChI=1S/C48H50N6S2/c1-31-23-39-43(27-37(31)49)53(35-17-11-9-12-18-35)45-29-47(33(3)25-41(45)51-39)55-21-15-7-5-6-8-16-22-56-48-30-46-42(26-34(48)4)52-40-24-32(2)38(50)28-44(40)54(46)36-19-13-10-14-20-36/h9-14,17-20,23-30,45,50H,5-8,15-16,21-22,49H2,1-4H3/p+1. The summed E-state index contributed by atoms with van der Waals surface area (Å²) < 4.78 is 2.31. The van der Waals surface area contributed by atoms with Crippen LogP contribution in [-0.4, -0.2) is 28.2 Å². The lowest BCUT2D eigenvalue weighted by molar-refractivity contribution is -0.538. The van der Waals surface area contributed by atoms with Gasteiger partial charge < -0.3 is 16.4 Å². The first-order valence-corrected chi connectivity index (χ1v) is 21.8. The van der Waals surface area contributed by atoms with Gasteiger partial charge in [-0.3, -0.25) is 0 Å². The van der Waals surface area contributed by atoms with Crippen LogP contribution in [-0.2, 0) is 0 Å². The molecule has 284 valence electrons. The monoisotopic (exact) mass is 775 g/mol. The molecule has 6 aromatic rings. The highest BCUT2D eigenvalue weighted by molar-refractivity contribution is 8.03. The minimum absolute atomic E-state index is 0.0411. The average Bonchev–Trinajstić information content (AvgIpc) is 3.19. The predicted octanol–water partition coefficient (Wildman–Crippen LogP) is 12.1. The van der Waals surface area contributed by atoms with E-state index in [1.54, 1.807) is 0 Å². The molecule has 0 bridgehead atoms. The van der Waals surface area contributed by atoms with Gasteiger partial charge in [-0.2, -0.15) is 0 Å². The van der Waals surface area contributed by atoms with Crippen LogP contribution in [0.25, 0.3) is 27.8 Å². The van der Waals surface area contributed by atoms with E-state index in [2.05, 4.69) is 139 Å². The zero-order valence-electron chi connectivity index (χ0n) is 32.9. The van der Waals surface area contributed by atoms with Gasteiger partial charge >= 0.3 is 0 Å². The van der Waals surface area contributed by atoms with Gasteiger partial charge in [0.25, 0.3) is 0 Å². The highest BCUT2D eigenvalue weighted by atomic mass is 32.2. The van der Waals surface area contributed by atoms with Gasteiger partial charge in [-0.15, -0.1) is 28.1 Å². The molecule has 0 fully saturated rings. The SMILES string of the molecule is CC1=CC2=Nc3cc(C)c(N)cc3N(c3ccccc3)C2C=C1SCCCCCCCCSc1cc2c(cc1C)nc1cc(C)c(N)cc1[n+]2-c1ccccc1. The number of para-hydroxylation sites is 2. The molecule has 4 N–H and O–H groups in total. The molecule has 6 nitrogen and oxygen atoms in total. The molecule has 1 atom stereocenters. The third kappa shape index (κ3) is 7.82. The number of rotatable bonds is 13. The average molecular weight is 776 g/mol. The predicted molar refractivity (Wildman–Crippen MR) is 242 cm³/mol. The zero-order valence-corrected chi connectivity index (χ0v) is 34.5. The van der Waals surface area contributed by atoms with Gasteiger partial charge in [0.2, 0.25) is 16.7 Å². The molecule has 1 unspecified atom stereocenters. The highest BCUT2D eigenvalue weighted by Gasteiger charge is 2.32. The Morgan fingerprint density at radius 3 is 2.00 bits per heavy atom. The quantitative estimate of drug-likeness (QED) is 0.0400. The molecular formula is C48H51N6S2+. The smallest absolute Gasteiger partial charge is 0.239 e. The number of nitrogens with two attached hydrogens (primary N) is 2. The minimum Gasteiger partial charge on any atom is -0.398 e. The Morgan fingerprint density at radius 1 is 0.661 bits per heavy atom. The zero-order chi connectivity index (χ0) is 38.8. The van der Waals surface area contributed by atoms with Crippen LogP contribution in [0.2, 0.25) is 0 Å². The maximum absolute atomic E-state index is 6.42. The Balaban J connectivity index is 0.842. The second-order valence-electron chi connectivity index (χ2n) is 15.1. The summed E-state index contributed by atoms with van der Waals surface area (Å²) in [5, 5.41) is 0. The fourth-order valence-electron chi connectivity index (χ4n) is 7.81. The van der Waals surface area contributed by atoms with Gasteiger partial charge in [0.1, 0.15) is 11.0 Å². The molecule has 8 rings (SSSR count). The van der Waals surface area contributed by atoms with E-state index < -0.39 is 0 Å². The van der Waals surface area contributed by atoms with E-state index in [-0.39, 0.29) is 6.04 Å². The summed E-state index contributed by atoms with van der Waals surface area (Å²) in [6, 6.07) is 34.2. The number of anilines is 4. The number of hydrogen-bond donors (Lipinski definition) is 2. The van der Waals surface area contributed by atoms with E-state index in [1.165, 1.54) is 59.5 Å². The van der Waals surface area contributed by atoms with E-state index in [9.17, 15) is 0 Å². The number of aliphatic imine (C=N–C) groups is 1. The van der Waals surface area contributed by atoms with E-state index >= 15 is 0 Å². The molecule has 0 saturated carbocycles. The van der Waals surface area contributed by atoms with Gasteiger partial charge in [0.05, 0.1) is 23.1 Å². The van der Waals surface area contributed by atoms with E-state index in [0.29, 0.717) is 0 Å². The molecule has 0 saturated heterocycles. The summed E-state index contributed by atoms with van der Waals surface area (Å²) in [5.41, 5.74) is 28.6. The summed E-state index contributed by atoms with van der Waals surface area (Å²) in [5.74, 6) is 2.24. The number of unbranched alkanes of at least 4 members (excludes halogenated alkanes) is 5. The maximum atomic E-state index is 6.42. The Kier molecular flexibility index (Phi) is 11.2. The van der Waals surface area contributed by atoms with Crippen molar-refractivity contribution < 1.29 is 4.57 Å². The molecule has 1 aliphatic carbocycles. The number of aromatic nitrogens is 2. The summed E-state index contributed by atoms with van der Waals surface area (Å²) in [7, 11) is 0. The van der Waals surface area contributed by atoms with Crippen molar-refractivity contribution in [1.82, 2.24) is 4.98 Å². The van der Waals surface area contributed by atoms with Crippen LogP contribution in [0.15, 0.2) is 130 Å². The van der Waals surface area contributed by atoms with Crippen molar-refractivity contribution in [3.05, 3.63) is 136 Å². The first kappa shape index (κ1) is 37.9. The molecule has 8 heteroatoms. The van der Waals surface area contributed by atoms with E-state index in [0.717, 1.165) is 84.5 Å². The molecule has 0 amide bonds. The fourth-order valence-corrected chi connectivity index (χ4v) is 9.94. The van der Waals surface area contributed by atoms with Crippen LogP contribution in [0.5, 0.6) is 0 Å². The summed E-state index contributed by atoms with van der Waals surface area (Å²) in [6.45, 7) is 8.54. The molecule has 56 heavy (non-hydrogen) atoms. The maximum Gasteiger partial charge on any atom is 0.239 e. The van der Waals surface area contributed by atoms with Crippen molar-refractivity contribution in [3.8, 4) is 5.69 Å². The highest BCUT2D eigenvalue weighted by Crippen LogP contribution is 2.45. The number of fused-ring (bicyclic) bond motifs is 4. The lowest BCUT2D eigenvalue weighted by atomic mass is 9.95. The normalized spacial score (nSPS) is 15.0. The molecule has 0 spiro atoms. The third-order valence-electron chi connectivity index (χ3n) is 11.0. The number of nitrogens with zero attached hydrogens (tertiary/aromatic N) is 4. The Bertz CT molecular complexity index is 2510. The Labute approximate surface area is 339 Å². The number of allylic oxidation sites excluding steroid dienone is 1. The van der Waals surface area contributed by atoms with Crippen molar-refractivity contribution in [3.63, 3.8) is 0 Å². The van der Waals surface area contributed by atoms with Gasteiger partial charge in [-0.05, 0) is 123 Å². The van der Waals surface area contributed by atoms with E-state index in [4.69, 9.17) is 21.4 Å². The molecule has 2 aliphatic rings. The summed E-state index contributed by atoms with van der Waals surface area (Å²) >= 11 is 3.96. The van der Waals surface area contributed by atoms with E-state index in [1.807, 2.05) is 30.4 Å². The number of thioether (sulfide) groups is 2. The van der Waals surface area contributed by atoms with Crippen LogP contribution in [0.1, 0.15) is 62.1 Å². The number of hydrogen-bond acceptors (Lipinski definition) is 7. The lowest BCUT2D eigenvalue weighted by Crippen LogP contribution is -2.39. The molecule has 2 heterocycles. The van der Waals surface area contributed by atoms with Crippen LogP contribution in [0.4, 0.5) is 28.4 Å². The van der Waals surface area contributed by atoms with Crippen molar-refractivity contribution in [2.24, 2.45) is 4.99 Å². The number of benzene rings is 5. The molecule has 5 aromatic carbocycles. The van der Waals surface area contributed by atoms with Gasteiger partial charge in [0.15, 0.2) is 0 Å². The molecule has 1 aliphatic heterocycles. The van der Waals surface area contributed by atoms with Gasteiger partial charge in [-0.25, -0.2) is 9.98 Å². The fraction of sp³-hybridized carbons (Fsp3) is 0.271. The second kappa shape index (κ2) is 16.6. The van der Waals surface area contributed by atoms with Crippen molar-refractivity contribution in [2.45, 2.75) is 77.2 Å². The van der Waals surface area contributed by atoms with Crippen LogP contribution in [0, 0.1) is 20.8 Å². The van der Waals surface area contributed by atoms with Crippen LogP contribution >= 0.6 is 23.5 Å². The number of nitrogen functional groups attached to an aromatic ring is 2. The van der Waals surface area contributed by atoms with Crippen molar-refractivity contribution in [2.75, 3.05) is 27.9 Å². The Hall–Kier alpha value is -5.05. The third-order valence-corrected chi connectivity index (χ3v) is 13.5.